The summed E-state index contributed by atoms with van der Waals surface area (Å²) in [4.78, 5) is 4.47. The van der Waals surface area contributed by atoms with Gasteiger partial charge in [0.05, 0.1) is 5.69 Å². The van der Waals surface area contributed by atoms with Crippen molar-refractivity contribution in [2.45, 2.75) is 11.8 Å². The second-order valence-corrected chi connectivity index (χ2v) is 5.44. The number of oxazole rings is 1. The van der Waals surface area contributed by atoms with Crippen LogP contribution in [-0.4, -0.2) is 4.98 Å². The number of hydrogen-bond donors (Lipinski definition) is 2. The van der Waals surface area contributed by atoms with Gasteiger partial charge in [-0.1, -0.05) is 36.4 Å². The molecule has 0 aliphatic heterocycles. The predicted octanol–water partition coefficient (Wildman–Crippen LogP) is 5.27. The molecule has 1 heterocycles. The van der Waals surface area contributed by atoms with Crippen LogP contribution in [0.15, 0.2) is 57.8 Å². The Labute approximate surface area is 127 Å². The number of aryl methyl sites for hydroxylation is 1. The Hall–Kier alpha value is -1.78. The maximum atomic E-state index is 5.68. The third-order valence-electron chi connectivity index (χ3n) is 3.17. The monoisotopic (exact) mass is 299 g/mol. The Bertz CT molecular complexity index is 803. The summed E-state index contributed by atoms with van der Waals surface area (Å²) in [5.74, 6) is 0.762. The smallest absolute Gasteiger partial charge is 0.266 e. The van der Waals surface area contributed by atoms with Gasteiger partial charge in [-0.25, -0.2) is 0 Å². The zero-order chi connectivity index (χ0) is 14.1. The Morgan fingerprint density at radius 1 is 1.05 bits per heavy atom. The van der Waals surface area contributed by atoms with E-state index in [2.05, 4.69) is 23.7 Å². The van der Waals surface area contributed by atoms with Crippen LogP contribution in [0.1, 0.15) is 5.56 Å². The number of aromatic amines is 1. The molecule has 0 fully saturated rings. The highest BCUT2D eigenvalue weighted by atomic mass is 32.1. The van der Waals surface area contributed by atoms with E-state index in [0.29, 0.717) is 4.84 Å². The van der Waals surface area contributed by atoms with Crippen LogP contribution in [0.4, 0.5) is 0 Å². The van der Waals surface area contributed by atoms with Crippen LogP contribution in [0.25, 0.3) is 22.6 Å². The summed E-state index contributed by atoms with van der Waals surface area (Å²) >= 11 is 9.54. The van der Waals surface area contributed by atoms with E-state index in [1.54, 1.807) is 0 Å². The van der Waals surface area contributed by atoms with Crippen LogP contribution in [0.3, 0.4) is 0 Å². The van der Waals surface area contributed by atoms with Gasteiger partial charge in [0.25, 0.3) is 4.84 Å². The molecule has 0 unspecified atom stereocenters. The molecule has 0 atom stereocenters. The molecule has 1 aromatic heterocycles. The molecule has 3 rings (SSSR count). The van der Waals surface area contributed by atoms with Gasteiger partial charge >= 0.3 is 0 Å². The molecule has 1 N–H and O–H groups in total. The van der Waals surface area contributed by atoms with Gasteiger partial charge in [-0.2, -0.15) is 0 Å². The molecule has 0 aliphatic carbocycles. The maximum Gasteiger partial charge on any atom is 0.266 e. The van der Waals surface area contributed by atoms with E-state index in [4.69, 9.17) is 16.6 Å². The molecule has 0 amide bonds. The lowest BCUT2D eigenvalue weighted by Gasteiger charge is -2.05. The summed E-state index contributed by atoms with van der Waals surface area (Å²) < 4.78 is 5.68. The third-order valence-corrected chi connectivity index (χ3v) is 3.86. The molecule has 2 nitrogen and oxygen atoms in total. The Balaban J connectivity index is 2.19. The topological polar surface area (TPSA) is 28.9 Å². The van der Waals surface area contributed by atoms with E-state index >= 15 is 0 Å². The van der Waals surface area contributed by atoms with Crippen LogP contribution in [-0.2, 0) is 0 Å². The number of hydrogen-bond acceptors (Lipinski definition) is 3. The largest absolute Gasteiger partial charge is 0.429 e. The molecule has 0 spiro atoms. The lowest BCUT2D eigenvalue weighted by Crippen LogP contribution is -1.84. The number of thiol groups is 1. The van der Waals surface area contributed by atoms with Crippen molar-refractivity contribution in [2.75, 3.05) is 0 Å². The first kappa shape index (κ1) is 13.2. The molecular formula is C16H13NOS2. The second kappa shape index (κ2) is 5.31. The molecule has 100 valence electrons. The van der Waals surface area contributed by atoms with E-state index in [9.17, 15) is 0 Å². The van der Waals surface area contributed by atoms with Gasteiger partial charge in [-0.15, -0.1) is 12.6 Å². The van der Waals surface area contributed by atoms with E-state index < -0.39 is 0 Å². The number of rotatable bonds is 2. The first-order valence-electron chi connectivity index (χ1n) is 6.23. The van der Waals surface area contributed by atoms with Gasteiger partial charge in [0.1, 0.15) is 0 Å². The van der Waals surface area contributed by atoms with Gasteiger partial charge in [-0.05, 0) is 36.8 Å². The Morgan fingerprint density at radius 2 is 1.80 bits per heavy atom. The first-order valence-corrected chi connectivity index (χ1v) is 7.09. The molecular weight excluding hydrogens is 286 g/mol. The number of nitrogens with one attached hydrogen (secondary N) is 1. The van der Waals surface area contributed by atoms with Crippen molar-refractivity contribution in [1.82, 2.24) is 4.98 Å². The molecule has 0 aliphatic rings. The summed E-state index contributed by atoms with van der Waals surface area (Å²) in [5, 5.41) is 0. The van der Waals surface area contributed by atoms with Crippen LogP contribution >= 0.6 is 24.8 Å². The lowest BCUT2D eigenvalue weighted by molar-refractivity contribution is 0.554. The van der Waals surface area contributed by atoms with Crippen molar-refractivity contribution in [3.63, 3.8) is 0 Å². The molecule has 0 saturated heterocycles. The first-order chi connectivity index (χ1) is 9.65. The van der Waals surface area contributed by atoms with Crippen molar-refractivity contribution in [3.05, 3.63) is 58.9 Å². The van der Waals surface area contributed by atoms with Crippen molar-refractivity contribution in [2.24, 2.45) is 0 Å². The summed E-state index contributed by atoms with van der Waals surface area (Å²) in [6, 6.07) is 16.0. The summed E-state index contributed by atoms with van der Waals surface area (Å²) in [5.41, 5.74) is 4.05. The highest BCUT2D eigenvalue weighted by Gasteiger charge is 2.13. The summed E-state index contributed by atoms with van der Waals surface area (Å²) in [6.45, 7) is 2.02. The fourth-order valence-corrected chi connectivity index (χ4v) is 2.46. The summed E-state index contributed by atoms with van der Waals surface area (Å²) in [7, 11) is 0. The zero-order valence-corrected chi connectivity index (χ0v) is 12.6. The van der Waals surface area contributed by atoms with Gasteiger partial charge in [-0.3, -0.25) is 0 Å². The number of benzene rings is 2. The van der Waals surface area contributed by atoms with Crippen LogP contribution in [0.5, 0.6) is 0 Å². The minimum atomic E-state index is 0.381. The molecule has 0 bridgehead atoms. The van der Waals surface area contributed by atoms with Crippen molar-refractivity contribution in [1.29, 1.82) is 0 Å². The zero-order valence-electron chi connectivity index (χ0n) is 10.9. The Kier molecular flexibility index (Phi) is 3.51. The molecule has 0 radical (unpaired) electrons. The van der Waals surface area contributed by atoms with E-state index in [1.807, 2.05) is 49.4 Å². The molecule has 0 saturated carbocycles. The van der Waals surface area contributed by atoms with Gasteiger partial charge < -0.3 is 9.40 Å². The molecule has 4 heteroatoms. The van der Waals surface area contributed by atoms with E-state index in [-0.39, 0.29) is 0 Å². The van der Waals surface area contributed by atoms with Crippen LogP contribution in [0, 0.1) is 11.8 Å². The van der Waals surface area contributed by atoms with Gasteiger partial charge in [0.15, 0.2) is 5.76 Å². The highest BCUT2D eigenvalue weighted by Crippen LogP contribution is 2.32. The average Bonchev–Trinajstić information content (AvgIpc) is 2.85. The maximum absolute atomic E-state index is 5.68. The normalized spacial score (nSPS) is 10.7. The fraction of sp³-hybridized carbons (Fsp3) is 0.0625. The molecule has 3 aromatic rings. The molecule has 20 heavy (non-hydrogen) atoms. The standard InChI is InChI=1S/C16H13NOS2/c1-10-9-12(7-8-13(10)19)15-14(17-16(20)18-15)11-5-3-2-4-6-11/h2-9,19H,1H3,(H,17,20). The van der Waals surface area contributed by atoms with E-state index in [0.717, 1.165) is 33.0 Å². The van der Waals surface area contributed by atoms with Crippen LogP contribution < -0.4 is 0 Å². The number of aromatic nitrogens is 1. The van der Waals surface area contributed by atoms with Gasteiger partial charge in [0, 0.05) is 16.0 Å². The fourth-order valence-electron chi connectivity index (χ4n) is 2.14. The van der Waals surface area contributed by atoms with Crippen molar-refractivity contribution >= 4 is 24.8 Å². The van der Waals surface area contributed by atoms with Crippen molar-refractivity contribution in [3.8, 4) is 22.6 Å². The quantitative estimate of drug-likeness (QED) is 0.498. The van der Waals surface area contributed by atoms with Crippen LogP contribution in [0.2, 0.25) is 0 Å². The predicted molar refractivity (Wildman–Crippen MR) is 86.8 cm³/mol. The highest BCUT2D eigenvalue weighted by molar-refractivity contribution is 7.80. The lowest BCUT2D eigenvalue weighted by atomic mass is 10.0. The second-order valence-electron chi connectivity index (χ2n) is 4.59. The van der Waals surface area contributed by atoms with E-state index in [1.165, 1.54) is 0 Å². The molecule has 2 aromatic carbocycles. The SMILES string of the molecule is Cc1cc(-c2oc(=S)[nH]c2-c2ccccc2)ccc1S. The number of H-pyrrole nitrogens is 1. The Morgan fingerprint density at radius 3 is 2.50 bits per heavy atom. The van der Waals surface area contributed by atoms with Gasteiger partial charge in [0.2, 0.25) is 0 Å². The average molecular weight is 299 g/mol. The summed E-state index contributed by atoms with van der Waals surface area (Å²) in [6.07, 6.45) is 0. The minimum Gasteiger partial charge on any atom is -0.429 e. The third kappa shape index (κ3) is 2.44. The van der Waals surface area contributed by atoms with Crippen molar-refractivity contribution < 1.29 is 4.42 Å². The minimum absolute atomic E-state index is 0.381.